The van der Waals surface area contributed by atoms with Gasteiger partial charge in [-0.1, -0.05) is 18.2 Å². The van der Waals surface area contributed by atoms with Crippen molar-refractivity contribution in [2.45, 2.75) is 6.54 Å². The summed E-state index contributed by atoms with van der Waals surface area (Å²) >= 11 is 0. The lowest BCUT2D eigenvalue weighted by Crippen LogP contribution is -3.13. The van der Waals surface area contributed by atoms with Gasteiger partial charge < -0.3 is 29.0 Å². The number of ether oxygens (including phenoxy) is 3. The molecule has 0 radical (unpaired) electrons. The molecule has 7 heteroatoms. The molecule has 2 N–H and O–H groups in total. The van der Waals surface area contributed by atoms with E-state index in [1.807, 2.05) is 11.0 Å². The van der Waals surface area contributed by atoms with Crippen molar-refractivity contribution in [3.63, 3.8) is 0 Å². The fourth-order valence-corrected chi connectivity index (χ4v) is 4.14. The molecule has 30 heavy (non-hydrogen) atoms. The van der Waals surface area contributed by atoms with Gasteiger partial charge in [-0.25, -0.2) is 0 Å². The normalized spacial score (nSPS) is 14.7. The standard InChI is InChI=1S/C23H27N3O4/c1-28-20-12-16(13-21(29-2)22(20)30-3)23(27)26-10-8-25(9-11-26)15-17-14-24-19-7-5-4-6-18(17)19/h4-7,12-14,24H,8-11,15H2,1-3H3/p+1. The Kier molecular flexibility index (Phi) is 5.81. The first-order chi connectivity index (χ1) is 14.6. The summed E-state index contributed by atoms with van der Waals surface area (Å²) in [4.78, 5) is 19.8. The van der Waals surface area contributed by atoms with Crippen molar-refractivity contribution in [3.05, 3.63) is 53.7 Å². The van der Waals surface area contributed by atoms with Crippen molar-refractivity contribution in [1.29, 1.82) is 0 Å². The topological polar surface area (TPSA) is 68.2 Å². The minimum Gasteiger partial charge on any atom is -0.493 e. The Balaban J connectivity index is 1.43. The van der Waals surface area contributed by atoms with Gasteiger partial charge in [0, 0.05) is 28.2 Å². The maximum absolute atomic E-state index is 13.1. The molecule has 1 aromatic heterocycles. The fourth-order valence-electron chi connectivity index (χ4n) is 4.14. The highest BCUT2D eigenvalue weighted by molar-refractivity contribution is 5.95. The van der Waals surface area contributed by atoms with E-state index in [1.165, 1.54) is 21.4 Å². The number of aromatic amines is 1. The van der Waals surface area contributed by atoms with E-state index in [2.05, 4.69) is 29.4 Å². The van der Waals surface area contributed by atoms with Gasteiger partial charge in [0.2, 0.25) is 5.75 Å². The van der Waals surface area contributed by atoms with E-state index in [-0.39, 0.29) is 5.91 Å². The first-order valence-corrected chi connectivity index (χ1v) is 10.1. The van der Waals surface area contributed by atoms with Gasteiger partial charge in [0.1, 0.15) is 6.54 Å². The molecular formula is C23H28N3O4+. The quantitative estimate of drug-likeness (QED) is 0.650. The van der Waals surface area contributed by atoms with Crippen LogP contribution in [0.15, 0.2) is 42.6 Å². The van der Waals surface area contributed by atoms with E-state index >= 15 is 0 Å². The van der Waals surface area contributed by atoms with Crippen LogP contribution in [0.4, 0.5) is 0 Å². The number of piperazine rings is 1. The number of nitrogens with one attached hydrogen (secondary N) is 2. The number of benzene rings is 2. The zero-order chi connectivity index (χ0) is 21.1. The summed E-state index contributed by atoms with van der Waals surface area (Å²) in [7, 11) is 4.66. The molecule has 7 nitrogen and oxygen atoms in total. The molecule has 0 bridgehead atoms. The highest BCUT2D eigenvalue weighted by atomic mass is 16.5. The molecule has 0 spiro atoms. The molecule has 1 aliphatic rings. The predicted molar refractivity (Wildman–Crippen MR) is 115 cm³/mol. The Morgan fingerprint density at radius 3 is 2.33 bits per heavy atom. The number of fused-ring (bicyclic) bond motifs is 1. The van der Waals surface area contributed by atoms with E-state index in [9.17, 15) is 4.79 Å². The highest BCUT2D eigenvalue weighted by Gasteiger charge is 2.27. The number of hydrogen-bond acceptors (Lipinski definition) is 4. The van der Waals surface area contributed by atoms with Crippen LogP contribution in [-0.2, 0) is 6.54 Å². The second kappa shape index (κ2) is 8.67. The van der Waals surface area contributed by atoms with Crippen LogP contribution in [0.1, 0.15) is 15.9 Å². The lowest BCUT2D eigenvalue weighted by Gasteiger charge is -2.32. The van der Waals surface area contributed by atoms with Crippen molar-refractivity contribution in [1.82, 2.24) is 9.88 Å². The van der Waals surface area contributed by atoms with Crippen LogP contribution in [-0.4, -0.2) is 63.3 Å². The zero-order valence-electron chi connectivity index (χ0n) is 17.7. The van der Waals surface area contributed by atoms with E-state index in [1.54, 1.807) is 33.5 Å². The zero-order valence-corrected chi connectivity index (χ0v) is 17.7. The molecule has 4 rings (SSSR count). The highest BCUT2D eigenvalue weighted by Crippen LogP contribution is 2.38. The average Bonchev–Trinajstić information content (AvgIpc) is 3.20. The number of quaternary nitrogens is 1. The van der Waals surface area contributed by atoms with Gasteiger partial charge in [0.15, 0.2) is 11.5 Å². The SMILES string of the molecule is COc1cc(C(=O)N2CC[NH+](Cc3c[nH]c4ccccc34)CC2)cc(OC)c1OC. The smallest absolute Gasteiger partial charge is 0.254 e. The Morgan fingerprint density at radius 1 is 1.03 bits per heavy atom. The van der Waals surface area contributed by atoms with E-state index in [0.717, 1.165) is 19.6 Å². The van der Waals surface area contributed by atoms with Crippen LogP contribution in [0.5, 0.6) is 17.2 Å². The number of hydrogen-bond donors (Lipinski definition) is 2. The number of H-pyrrole nitrogens is 1. The second-order valence-electron chi connectivity index (χ2n) is 7.49. The summed E-state index contributed by atoms with van der Waals surface area (Å²) in [5.41, 5.74) is 3.04. The number of aromatic nitrogens is 1. The number of rotatable bonds is 6. The first-order valence-electron chi connectivity index (χ1n) is 10.1. The molecule has 0 saturated carbocycles. The third-order valence-corrected chi connectivity index (χ3v) is 5.78. The third-order valence-electron chi connectivity index (χ3n) is 5.78. The number of para-hydroxylation sites is 1. The van der Waals surface area contributed by atoms with E-state index in [0.29, 0.717) is 35.9 Å². The van der Waals surface area contributed by atoms with Crippen molar-refractivity contribution in [3.8, 4) is 17.2 Å². The van der Waals surface area contributed by atoms with Crippen LogP contribution in [0.3, 0.4) is 0 Å². The van der Waals surface area contributed by atoms with Crippen molar-refractivity contribution in [2.24, 2.45) is 0 Å². The molecule has 1 aliphatic heterocycles. The molecule has 0 unspecified atom stereocenters. The number of nitrogens with zero attached hydrogens (tertiary/aromatic N) is 1. The van der Waals surface area contributed by atoms with Crippen LogP contribution >= 0.6 is 0 Å². The Hall–Kier alpha value is -3.19. The molecule has 1 saturated heterocycles. The molecule has 2 aromatic carbocycles. The molecule has 0 atom stereocenters. The maximum atomic E-state index is 13.1. The summed E-state index contributed by atoms with van der Waals surface area (Å²) in [6.45, 7) is 4.21. The van der Waals surface area contributed by atoms with Gasteiger partial charge in [-0.05, 0) is 18.2 Å². The van der Waals surface area contributed by atoms with Crippen LogP contribution in [0.25, 0.3) is 10.9 Å². The molecule has 0 aliphatic carbocycles. The van der Waals surface area contributed by atoms with Crippen LogP contribution in [0.2, 0.25) is 0 Å². The molecule has 1 fully saturated rings. The summed E-state index contributed by atoms with van der Waals surface area (Å²) in [6.07, 6.45) is 2.10. The van der Waals surface area contributed by atoms with Gasteiger partial charge in [0.25, 0.3) is 5.91 Å². The number of amides is 1. The molecule has 1 amide bonds. The largest absolute Gasteiger partial charge is 0.493 e. The molecule has 3 aromatic rings. The van der Waals surface area contributed by atoms with Gasteiger partial charge in [0.05, 0.1) is 47.5 Å². The molecule has 158 valence electrons. The van der Waals surface area contributed by atoms with Crippen LogP contribution in [0, 0.1) is 0 Å². The lowest BCUT2D eigenvalue weighted by molar-refractivity contribution is -0.917. The Morgan fingerprint density at radius 2 is 1.70 bits per heavy atom. The number of carbonyl (C=O) groups is 1. The average molecular weight is 410 g/mol. The molecular weight excluding hydrogens is 382 g/mol. The maximum Gasteiger partial charge on any atom is 0.254 e. The van der Waals surface area contributed by atoms with Crippen LogP contribution < -0.4 is 19.1 Å². The number of carbonyl (C=O) groups excluding carboxylic acids is 1. The lowest BCUT2D eigenvalue weighted by atomic mass is 10.1. The molecule has 2 heterocycles. The number of methoxy groups -OCH3 is 3. The monoisotopic (exact) mass is 410 g/mol. The summed E-state index contributed by atoms with van der Waals surface area (Å²) < 4.78 is 16.1. The van der Waals surface area contributed by atoms with Crippen molar-refractivity contribution >= 4 is 16.8 Å². The summed E-state index contributed by atoms with van der Waals surface area (Å²) in [5, 5.41) is 1.28. The van der Waals surface area contributed by atoms with E-state index < -0.39 is 0 Å². The second-order valence-corrected chi connectivity index (χ2v) is 7.49. The summed E-state index contributed by atoms with van der Waals surface area (Å²) in [6, 6.07) is 11.8. The van der Waals surface area contributed by atoms with Gasteiger partial charge in [-0.2, -0.15) is 0 Å². The minimum absolute atomic E-state index is 0.0135. The van der Waals surface area contributed by atoms with E-state index in [4.69, 9.17) is 14.2 Å². The van der Waals surface area contributed by atoms with Gasteiger partial charge in [-0.15, -0.1) is 0 Å². The van der Waals surface area contributed by atoms with Crippen molar-refractivity contribution in [2.75, 3.05) is 47.5 Å². The fraction of sp³-hybridized carbons (Fsp3) is 0.348. The summed E-state index contributed by atoms with van der Waals surface area (Å²) in [5.74, 6) is 1.46. The third kappa shape index (κ3) is 3.80. The van der Waals surface area contributed by atoms with Gasteiger partial charge in [-0.3, -0.25) is 4.79 Å². The van der Waals surface area contributed by atoms with Gasteiger partial charge >= 0.3 is 0 Å². The minimum atomic E-state index is -0.0135. The first kappa shape index (κ1) is 20.1. The Bertz CT molecular complexity index is 1010. The predicted octanol–water partition coefficient (Wildman–Crippen LogP) is 1.73. The van der Waals surface area contributed by atoms with Crippen molar-refractivity contribution < 1.29 is 23.9 Å². The Labute approximate surface area is 176 Å².